The summed E-state index contributed by atoms with van der Waals surface area (Å²) in [6.07, 6.45) is 0.326. The third-order valence-corrected chi connectivity index (χ3v) is 3.61. The summed E-state index contributed by atoms with van der Waals surface area (Å²) < 4.78 is 0. The van der Waals surface area contributed by atoms with Gasteiger partial charge in [0, 0.05) is 25.4 Å². The molecule has 2 aromatic carbocycles. The van der Waals surface area contributed by atoms with Crippen LogP contribution in [0.2, 0.25) is 0 Å². The van der Waals surface area contributed by atoms with Gasteiger partial charge in [0.25, 0.3) is 0 Å². The fraction of sp³-hybridized carbons (Fsp3) is 0.278. The molecule has 0 bridgehead atoms. The Morgan fingerprint density at radius 2 is 1.91 bits per heavy atom. The second-order valence-electron chi connectivity index (χ2n) is 5.40. The van der Waals surface area contributed by atoms with Gasteiger partial charge in [-0.1, -0.05) is 42.0 Å². The zero-order valence-electron chi connectivity index (χ0n) is 12.8. The number of aromatic hydroxyl groups is 1. The van der Waals surface area contributed by atoms with Crippen molar-refractivity contribution >= 4 is 5.91 Å². The summed E-state index contributed by atoms with van der Waals surface area (Å²) in [7, 11) is 0. The fourth-order valence-corrected chi connectivity index (χ4v) is 2.44. The highest BCUT2D eigenvalue weighted by Gasteiger charge is 2.18. The number of carbonyl (C=O) groups excluding carboxylic acids is 1. The standard InChI is InChI=1S/C18H22N2O2/c1-13-5-7-14(8-6-13)17(12-18(22)20-10-9-19)15-3-2-4-16(21)11-15/h2-8,11,17,21H,9-10,12,19H2,1H3,(H,20,22). The van der Waals surface area contributed by atoms with E-state index < -0.39 is 0 Å². The second kappa shape index (κ2) is 7.61. The van der Waals surface area contributed by atoms with E-state index in [-0.39, 0.29) is 17.6 Å². The lowest BCUT2D eigenvalue weighted by Gasteiger charge is -2.18. The van der Waals surface area contributed by atoms with Crippen molar-refractivity contribution in [3.63, 3.8) is 0 Å². The van der Waals surface area contributed by atoms with Crippen LogP contribution in [0.4, 0.5) is 0 Å². The van der Waals surface area contributed by atoms with Crippen molar-refractivity contribution in [1.29, 1.82) is 0 Å². The van der Waals surface area contributed by atoms with Crippen LogP contribution in [-0.2, 0) is 4.79 Å². The molecule has 2 rings (SSSR count). The Balaban J connectivity index is 2.28. The van der Waals surface area contributed by atoms with Gasteiger partial charge in [-0.05, 0) is 30.2 Å². The zero-order chi connectivity index (χ0) is 15.9. The molecule has 0 aliphatic carbocycles. The predicted octanol–water partition coefficient (Wildman–Crippen LogP) is 2.30. The quantitative estimate of drug-likeness (QED) is 0.766. The highest BCUT2D eigenvalue weighted by Crippen LogP contribution is 2.30. The molecule has 4 N–H and O–H groups in total. The van der Waals surface area contributed by atoms with Gasteiger partial charge in [-0.25, -0.2) is 0 Å². The number of phenolic OH excluding ortho intramolecular Hbond substituents is 1. The summed E-state index contributed by atoms with van der Waals surface area (Å²) >= 11 is 0. The molecule has 0 aromatic heterocycles. The van der Waals surface area contributed by atoms with Crippen molar-refractivity contribution in [1.82, 2.24) is 5.32 Å². The Morgan fingerprint density at radius 3 is 2.55 bits per heavy atom. The summed E-state index contributed by atoms with van der Waals surface area (Å²) in [5.41, 5.74) is 8.57. The number of hydrogen-bond acceptors (Lipinski definition) is 3. The van der Waals surface area contributed by atoms with Gasteiger partial charge < -0.3 is 16.2 Å². The van der Waals surface area contributed by atoms with Gasteiger partial charge >= 0.3 is 0 Å². The highest BCUT2D eigenvalue weighted by atomic mass is 16.3. The Bertz CT molecular complexity index is 623. The molecule has 1 unspecified atom stereocenters. The molecular weight excluding hydrogens is 276 g/mol. The first-order chi connectivity index (χ1) is 10.6. The Morgan fingerprint density at radius 1 is 1.18 bits per heavy atom. The lowest BCUT2D eigenvalue weighted by molar-refractivity contribution is -0.121. The monoisotopic (exact) mass is 298 g/mol. The molecule has 4 nitrogen and oxygen atoms in total. The fourth-order valence-electron chi connectivity index (χ4n) is 2.44. The minimum atomic E-state index is -0.0922. The van der Waals surface area contributed by atoms with E-state index in [2.05, 4.69) is 5.32 Å². The third-order valence-electron chi connectivity index (χ3n) is 3.61. The van der Waals surface area contributed by atoms with Crippen LogP contribution in [0.15, 0.2) is 48.5 Å². The molecule has 0 aliphatic rings. The van der Waals surface area contributed by atoms with Crippen molar-refractivity contribution in [3.05, 3.63) is 65.2 Å². The Hall–Kier alpha value is -2.33. The van der Waals surface area contributed by atoms with Gasteiger partial charge in [-0.2, -0.15) is 0 Å². The maximum Gasteiger partial charge on any atom is 0.220 e. The largest absolute Gasteiger partial charge is 0.508 e. The summed E-state index contributed by atoms with van der Waals surface area (Å²) in [5, 5.41) is 12.5. The van der Waals surface area contributed by atoms with E-state index in [1.54, 1.807) is 18.2 Å². The van der Waals surface area contributed by atoms with Gasteiger partial charge in [0.05, 0.1) is 0 Å². The molecule has 0 heterocycles. The molecule has 1 amide bonds. The average molecular weight is 298 g/mol. The maximum atomic E-state index is 12.1. The van der Waals surface area contributed by atoms with Gasteiger partial charge in [0.15, 0.2) is 0 Å². The van der Waals surface area contributed by atoms with Gasteiger partial charge in [-0.15, -0.1) is 0 Å². The van der Waals surface area contributed by atoms with E-state index in [0.717, 1.165) is 11.1 Å². The van der Waals surface area contributed by atoms with Crippen molar-refractivity contribution < 1.29 is 9.90 Å². The van der Waals surface area contributed by atoms with Crippen LogP contribution < -0.4 is 11.1 Å². The van der Waals surface area contributed by atoms with Gasteiger partial charge in [0.1, 0.15) is 5.75 Å². The molecule has 0 fully saturated rings. The van der Waals surface area contributed by atoms with Crippen molar-refractivity contribution in [3.8, 4) is 5.75 Å². The molecule has 4 heteroatoms. The average Bonchev–Trinajstić information content (AvgIpc) is 2.51. The van der Waals surface area contributed by atoms with Crippen LogP contribution in [0.3, 0.4) is 0 Å². The molecule has 22 heavy (non-hydrogen) atoms. The number of carbonyl (C=O) groups is 1. The first-order valence-corrected chi connectivity index (χ1v) is 7.42. The molecule has 2 aromatic rings. The van der Waals surface area contributed by atoms with Crippen LogP contribution in [0.25, 0.3) is 0 Å². The predicted molar refractivity (Wildman–Crippen MR) is 87.8 cm³/mol. The number of benzene rings is 2. The molecule has 1 atom stereocenters. The first-order valence-electron chi connectivity index (χ1n) is 7.42. The number of amides is 1. The van der Waals surface area contributed by atoms with Crippen LogP contribution in [0.5, 0.6) is 5.75 Å². The van der Waals surface area contributed by atoms with Gasteiger partial charge in [-0.3, -0.25) is 4.79 Å². The van der Waals surface area contributed by atoms with Gasteiger partial charge in [0.2, 0.25) is 5.91 Å². The zero-order valence-corrected chi connectivity index (χ0v) is 12.8. The molecule has 0 spiro atoms. The molecule has 0 saturated heterocycles. The first kappa shape index (κ1) is 16.0. The minimum Gasteiger partial charge on any atom is -0.508 e. The summed E-state index contributed by atoms with van der Waals surface area (Å²) in [6, 6.07) is 15.2. The van der Waals surface area contributed by atoms with E-state index in [0.29, 0.717) is 19.5 Å². The van der Waals surface area contributed by atoms with Crippen molar-refractivity contribution in [2.45, 2.75) is 19.3 Å². The van der Waals surface area contributed by atoms with Crippen LogP contribution in [0.1, 0.15) is 29.0 Å². The summed E-state index contributed by atoms with van der Waals surface area (Å²) in [4.78, 5) is 12.1. The molecule has 0 aliphatic heterocycles. The van der Waals surface area contributed by atoms with Crippen LogP contribution in [-0.4, -0.2) is 24.1 Å². The third kappa shape index (κ3) is 4.33. The van der Waals surface area contributed by atoms with E-state index in [4.69, 9.17) is 5.73 Å². The smallest absolute Gasteiger partial charge is 0.220 e. The number of rotatable bonds is 6. The normalized spacial score (nSPS) is 11.9. The number of nitrogens with two attached hydrogens (primary N) is 1. The lowest BCUT2D eigenvalue weighted by Crippen LogP contribution is -2.30. The van der Waals surface area contributed by atoms with Crippen LogP contribution in [0, 0.1) is 6.92 Å². The van der Waals surface area contributed by atoms with E-state index in [1.807, 2.05) is 37.3 Å². The number of nitrogens with one attached hydrogen (secondary N) is 1. The Labute approximate surface area is 131 Å². The molecule has 116 valence electrons. The van der Waals surface area contributed by atoms with Crippen molar-refractivity contribution in [2.75, 3.05) is 13.1 Å². The summed E-state index contributed by atoms with van der Waals surface area (Å²) in [6.45, 7) is 2.92. The molecule has 0 radical (unpaired) electrons. The maximum absolute atomic E-state index is 12.1. The van der Waals surface area contributed by atoms with Crippen molar-refractivity contribution in [2.24, 2.45) is 5.73 Å². The lowest BCUT2D eigenvalue weighted by atomic mass is 9.87. The Kier molecular flexibility index (Phi) is 5.55. The molecule has 0 saturated carbocycles. The number of phenols is 1. The minimum absolute atomic E-state index is 0.0423. The highest BCUT2D eigenvalue weighted by molar-refractivity contribution is 5.77. The topological polar surface area (TPSA) is 75.4 Å². The number of hydrogen-bond donors (Lipinski definition) is 3. The van der Waals surface area contributed by atoms with E-state index >= 15 is 0 Å². The SMILES string of the molecule is Cc1ccc(C(CC(=O)NCCN)c2cccc(O)c2)cc1. The second-order valence-corrected chi connectivity index (χ2v) is 5.40. The summed E-state index contributed by atoms with van der Waals surface area (Å²) in [5.74, 6) is 0.0711. The van der Waals surface area contributed by atoms with Crippen LogP contribution >= 0.6 is 0 Å². The molecular formula is C18H22N2O2. The van der Waals surface area contributed by atoms with E-state index in [9.17, 15) is 9.90 Å². The van der Waals surface area contributed by atoms with E-state index in [1.165, 1.54) is 5.56 Å². The number of aryl methyl sites for hydroxylation is 1.